The van der Waals surface area contributed by atoms with E-state index >= 15 is 0 Å². The van der Waals surface area contributed by atoms with Gasteiger partial charge in [0.05, 0.1) is 12.0 Å². The minimum atomic E-state index is -3.55. The van der Waals surface area contributed by atoms with Crippen molar-refractivity contribution in [3.8, 4) is 11.5 Å². The topological polar surface area (TPSA) is 64.6 Å². The number of aryl methyl sites for hydroxylation is 1. The fraction of sp³-hybridized carbons (Fsp3) is 0.250. The standard InChI is InChI=1S/C16H18BrNO4S/c1-12-11-13(7-8-14(12)17)23(19,20)18-9-10-22-16-6-4-3-5-15(16)21-2/h3-8,11,18H,9-10H2,1-2H3. The molecule has 0 saturated heterocycles. The second kappa shape index (κ2) is 7.81. The molecule has 0 fully saturated rings. The second-order valence-corrected chi connectivity index (χ2v) is 7.43. The molecule has 0 heterocycles. The summed E-state index contributed by atoms with van der Waals surface area (Å²) in [6, 6.07) is 12.1. The quantitative estimate of drug-likeness (QED) is 0.726. The van der Waals surface area contributed by atoms with Crippen LogP contribution in [0.15, 0.2) is 51.8 Å². The number of sulfonamides is 1. The molecule has 5 nitrogen and oxygen atoms in total. The van der Waals surface area contributed by atoms with Crippen molar-refractivity contribution >= 4 is 26.0 Å². The number of para-hydroxylation sites is 2. The number of methoxy groups -OCH3 is 1. The summed E-state index contributed by atoms with van der Waals surface area (Å²) in [6.45, 7) is 2.21. The molecule has 2 rings (SSSR count). The van der Waals surface area contributed by atoms with Gasteiger partial charge in [0.25, 0.3) is 0 Å². The van der Waals surface area contributed by atoms with E-state index in [0.717, 1.165) is 10.0 Å². The van der Waals surface area contributed by atoms with Crippen LogP contribution in [0.2, 0.25) is 0 Å². The number of nitrogens with one attached hydrogen (secondary N) is 1. The van der Waals surface area contributed by atoms with Crippen molar-refractivity contribution in [2.75, 3.05) is 20.3 Å². The maximum atomic E-state index is 12.2. The van der Waals surface area contributed by atoms with Crippen molar-refractivity contribution in [2.45, 2.75) is 11.8 Å². The Labute approximate surface area is 144 Å². The zero-order valence-electron chi connectivity index (χ0n) is 12.9. The van der Waals surface area contributed by atoms with Gasteiger partial charge in [0, 0.05) is 11.0 Å². The van der Waals surface area contributed by atoms with Crippen LogP contribution in [-0.4, -0.2) is 28.7 Å². The van der Waals surface area contributed by atoms with Crippen molar-refractivity contribution in [1.29, 1.82) is 0 Å². The lowest BCUT2D eigenvalue weighted by Crippen LogP contribution is -2.28. The largest absolute Gasteiger partial charge is 0.493 e. The van der Waals surface area contributed by atoms with Crippen LogP contribution < -0.4 is 14.2 Å². The lowest BCUT2D eigenvalue weighted by atomic mass is 10.2. The maximum Gasteiger partial charge on any atom is 0.240 e. The summed E-state index contributed by atoms with van der Waals surface area (Å²) in [7, 11) is -2.00. The van der Waals surface area contributed by atoms with Crippen LogP contribution in [0.5, 0.6) is 11.5 Å². The third kappa shape index (κ3) is 4.70. The van der Waals surface area contributed by atoms with Gasteiger partial charge >= 0.3 is 0 Å². The van der Waals surface area contributed by atoms with Gasteiger partial charge in [-0.25, -0.2) is 13.1 Å². The maximum absolute atomic E-state index is 12.2. The van der Waals surface area contributed by atoms with E-state index in [0.29, 0.717) is 11.5 Å². The summed E-state index contributed by atoms with van der Waals surface area (Å²) < 4.78 is 38.6. The second-order valence-electron chi connectivity index (χ2n) is 4.81. The van der Waals surface area contributed by atoms with Gasteiger partial charge in [-0.05, 0) is 42.8 Å². The minimum Gasteiger partial charge on any atom is -0.493 e. The van der Waals surface area contributed by atoms with Crippen molar-refractivity contribution < 1.29 is 17.9 Å². The minimum absolute atomic E-state index is 0.162. The molecule has 0 aliphatic carbocycles. The molecule has 0 bridgehead atoms. The highest BCUT2D eigenvalue weighted by Gasteiger charge is 2.14. The van der Waals surface area contributed by atoms with Crippen LogP contribution in [-0.2, 0) is 10.0 Å². The van der Waals surface area contributed by atoms with E-state index < -0.39 is 10.0 Å². The van der Waals surface area contributed by atoms with Gasteiger partial charge in [-0.3, -0.25) is 0 Å². The van der Waals surface area contributed by atoms with E-state index in [1.807, 2.05) is 19.1 Å². The average Bonchev–Trinajstić information content (AvgIpc) is 2.54. The van der Waals surface area contributed by atoms with Crippen LogP contribution in [0.4, 0.5) is 0 Å². The first-order chi connectivity index (χ1) is 10.9. The molecule has 1 N–H and O–H groups in total. The lowest BCUT2D eigenvalue weighted by Gasteiger charge is -2.11. The molecule has 0 amide bonds. The molecule has 0 unspecified atom stereocenters. The number of hydrogen-bond donors (Lipinski definition) is 1. The van der Waals surface area contributed by atoms with E-state index in [-0.39, 0.29) is 18.0 Å². The third-order valence-corrected chi connectivity index (χ3v) is 5.51. The van der Waals surface area contributed by atoms with Crippen LogP contribution in [0.3, 0.4) is 0 Å². The van der Waals surface area contributed by atoms with Crippen LogP contribution in [0.1, 0.15) is 5.56 Å². The zero-order chi connectivity index (χ0) is 16.9. The van der Waals surface area contributed by atoms with Crippen molar-refractivity contribution in [3.05, 3.63) is 52.5 Å². The normalized spacial score (nSPS) is 11.3. The van der Waals surface area contributed by atoms with Crippen LogP contribution in [0, 0.1) is 6.92 Å². The zero-order valence-corrected chi connectivity index (χ0v) is 15.3. The number of halogens is 1. The monoisotopic (exact) mass is 399 g/mol. The Morgan fingerprint density at radius 3 is 2.48 bits per heavy atom. The smallest absolute Gasteiger partial charge is 0.240 e. The molecule has 0 saturated carbocycles. The van der Waals surface area contributed by atoms with E-state index in [2.05, 4.69) is 20.7 Å². The molecule has 0 radical (unpaired) electrons. The Morgan fingerprint density at radius 1 is 1.13 bits per heavy atom. The predicted octanol–water partition coefficient (Wildman–Crippen LogP) is 3.12. The van der Waals surface area contributed by atoms with E-state index in [9.17, 15) is 8.42 Å². The highest BCUT2D eigenvalue weighted by atomic mass is 79.9. The summed E-state index contributed by atoms with van der Waals surface area (Å²) in [6.07, 6.45) is 0. The molecule has 7 heteroatoms. The Hall–Kier alpha value is -1.57. The fourth-order valence-electron chi connectivity index (χ4n) is 1.94. The summed E-state index contributed by atoms with van der Waals surface area (Å²) in [5, 5.41) is 0. The molecular weight excluding hydrogens is 382 g/mol. The lowest BCUT2D eigenvalue weighted by molar-refractivity contribution is 0.298. The molecule has 0 spiro atoms. The first-order valence-electron chi connectivity index (χ1n) is 6.95. The Kier molecular flexibility index (Phi) is 6.04. The van der Waals surface area contributed by atoms with Gasteiger partial charge in [-0.2, -0.15) is 0 Å². The molecule has 124 valence electrons. The number of benzene rings is 2. The number of rotatable bonds is 7. The summed E-state index contributed by atoms with van der Waals surface area (Å²) in [4.78, 5) is 0.232. The van der Waals surface area contributed by atoms with Gasteiger partial charge in [0.1, 0.15) is 6.61 Å². The molecule has 2 aromatic carbocycles. The van der Waals surface area contributed by atoms with Crippen LogP contribution >= 0.6 is 15.9 Å². The van der Waals surface area contributed by atoms with Gasteiger partial charge in [0.15, 0.2) is 11.5 Å². The molecule has 2 aromatic rings. The van der Waals surface area contributed by atoms with Gasteiger partial charge in [-0.1, -0.05) is 28.1 Å². The SMILES string of the molecule is COc1ccccc1OCCNS(=O)(=O)c1ccc(Br)c(C)c1. The van der Waals surface area contributed by atoms with Gasteiger partial charge in [0.2, 0.25) is 10.0 Å². The Bertz CT molecular complexity index is 777. The van der Waals surface area contributed by atoms with E-state index in [1.54, 1.807) is 37.4 Å². The molecule has 23 heavy (non-hydrogen) atoms. The van der Waals surface area contributed by atoms with Crippen LogP contribution in [0.25, 0.3) is 0 Å². The van der Waals surface area contributed by atoms with Crippen molar-refractivity contribution in [2.24, 2.45) is 0 Å². The summed E-state index contributed by atoms with van der Waals surface area (Å²) >= 11 is 3.35. The summed E-state index contributed by atoms with van der Waals surface area (Å²) in [5.74, 6) is 1.19. The number of ether oxygens (including phenoxy) is 2. The first kappa shape index (κ1) is 17.8. The highest BCUT2D eigenvalue weighted by Crippen LogP contribution is 2.25. The molecule has 0 aliphatic rings. The molecule has 0 aliphatic heterocycles. The Balaban J connectivity index is 1.93. The van der Waals surface area contributed by atoms with Gasteiger partial charge < -0.3 is 9.47 Å². The first-order valence-corrected chi connectivity index (χ1v) is 9.23. The molecule has 0 atom stereocenters. The number of hydrogen-bond acceptors (Lipinski definition) is 4. The van der Waals surface area contributed by atoms with E-state index in [1.165, 1.54) is 0 Å². The van der Waals surface area contributed by atoms with E-state index in [4.69, 9.17) is 9.47 Å². The summed E-state index contributed by atoms with van der Waals surface area (Å²) in [5.41, 5.74) is 0.859. The van der Waals surface area contributed by atoms with Crippen molar-refractivity contribution in [1.82, 2.24) is 4.72 Å². The molecular formula is C16H18BrNO4S. The van der Waals surface area contributed by atoms with Crippen molar-refractivity contribution in [3.63, 3.8) is 0 Å². The fourth-order valence-corrected chi connectivity index (χ4v) is 3.29. The third-order valence-electron chi connectivity index (χ3n) is 3.16. The highest BCUT2D eigenvalue weighted by molar-refractivity contribution is 9.10. The predicted molar refractivity (Wildman–Crippen MR) is 92.6 cm³/mol. The van der Waals surface area contributed by atoms with Gasteiger partial charge in [-0.15, -0.1) is 0 Å². The Morgan fingerprint density at radius 2 is 1.83 bits per heavy atom. The average molecular weight is 400 g/mol. The molecule has 0 aromatic heterocycles.